The number of carbonyl (C=O) groups excluding carboxylic acids is 2. The average molecular weight is 208 g/mol. The number of hydrogen-bond donors (Lipinski definition) is 0. The van der Waals surface area contributed by atoms with Crippen LogP contribution in [-0.2, 0) is 11.3 Å². The van der Waals surface area contributed by atoms with E-state index in [0.29, 0.717) is 35.0 Å². The van der Waals surface area contributed by atoms with Gasteiger partial charge in [-0.15, -0.1) is 0 Å². The fourth-order valence-electron chi connectivity index (χ4n) is 1.34. The SMILES string of the molecule is COCc1cc(OC)cc(C=O)c1C=O. The highest BCUT2D eigenvalue weighted by molar-refractivity contribution is 5.92. The lowest BCUT2D eigenvalue weighted by molar-refractivity contribution is 0.109. The van der Waals surface area contributed by atoms with Gasteiger partial charge >= 0.3 is 0 Å². The standard InChI is InChI=1S/C11H12O4/c1-14-7-9-4-10(15-2)3-8(5-12)11(9)6-13/h3-6H,7H2,1-2H3. The molecule has 0 bridgehead atoms. The summed E-state index contributed by atoms with van der Waals surface area (Å²) in [5.41, 5.74) is 1.32. The molecule has 1 aromatic rings. The first-order valence-corrected chi connectivity index (χ1v) is 4.37. The number of aldehydes is 2. The van der Waals surface area contributed by atoms with E-state index in [4.69, 9.17) is 9.47 Å². The van der Waals surface area contributed by atoms with Gasteiger partial charge in [0, 0.05) is 18.2 Å². The van der Waals surface area contributed by atoms with E-state index < -0.39 is 0 Å². The van der Waals surface area contributed by atoms with Crippen molar-refractivity contribution in [2.45, 2.75) is 6.61 Å². The van der Waals surface area contributed by atoms with Crippen LogP contribution < -0.4 is 4.74 Å². The van der Waals surface area contributed by atoms with E-state index >= 15 is 0 Å². The van der Waals surface area contributed by atoms with Crippen LogP contribution in [0.1, 0.15) is 26.3 Å². The van der Waals surface area contributed by atoms with Crippen LogP contribution in [0.3, 0.4) is 0 Å². The smallest absolute Gasteiger partial charge is 0.151 e. The Hall–Kier alpha value is -1.68. The van der Waals surface area contributed by atoms with Crippen molar-refractivity contribution in [3.63, 3.8) is 0 Å². The van der Waals surface area contributed by atoms with Gasteiger partial charge in [-0.05, 0) is 17.7 Å². The first-order valence-electron chi connectivity index (χ1n) is 4.37. The summed E-state index contributed by atoms with van der Waals surface area (Å²) in [6.45, 7) is 0.270. The van der Waals surface area contributed by atoms with Crippen LogP contribution in [0.25, 0.3) is 0 Å². The fourth-order valence-corrected chi connectivity index (χ4v) is 1.34. The Bertz CT molecular complexity index is 371. The van der Waals surface area contributed by atoms with E-state index in [1.165, 1.54) is 20.3 Å². The minimum Gasteiger partial charge on any atom is -0.497 e. The van der Waals surface area contributed by atoms with Gasteiger partial charge in [0.05, 0.1) is 13.7 Å². The minimum atomic E-state index is 0.270. The molecule has 0 unspecified atom stereocenters. The largest absolute Gasteiger partial charge is 0.497 e. The van der Waals surface area contributed by atoms with Crippen LogP contribution in [0.2, 0.25) is 0 Å². The van der Waals surface area contributed by atoms with E-state index in [9.17, 15) is 9.59 Å². The second kappa shape index (κ2) is 5.26. The van der Waals surface area contributed by atoms with Gasteiger partial charge in [-0.25, -0.2) is 0 Å². The Morgan fingerprint density at radius 3 is 2.40 bits per heavy atom. The Kier molecular flexibility index (Phi) is 4.00. The van der Waals surface area contributed by atoms with Crippen LogP contribution in [0.15, 0.2) is 12.1 Å². The van der Waals surface area contributed by atoms with Crippen LogP contribution >= 0.6 is 0 Å². The predicted molar refractivity (Wildman–Crippen MR) is 54.5 cm³/mol. The summed E-state index contributed by atoms with van der Waals surface area (Å²) in [7, 11) is 3.02. The van der Waals surface area contributed by atoms with E-state index in [0.717, 1.165) is 0 Å². The molecule has 0 aliphatic rings. The monoisotopic (exact) mass is 208 g/mol. The van der Waals surface area contributed by atoms with Crippen molar-refractivity contribution in [3.05, 3.63) is 28.8 Å². The molecule has 0 atom stereocenters. The van der Waals surface area contributed by atoms with Crippen LogP contribution in [0.4, 0.5) is 0 Å². The topological polar surface area (TPSA) is 52.6 Å². The van der Waals surface area contributed by atoms with Crippen molar-refractivity contribution in [1.29, 1.82) is 0 Å². The summed E-state index contributed by atoms with van der Waals surface area (Å²) in [4.78, 5) is 21.6. The third-order valence-electron chi connectivity index (χ3n) is 2.05. The van der Waals surface area contributed by atoms with E-state index in [1.54, 1.807) is 6.07 Å². The summed E-state index contributed by atoms with van der Waals surface area (Å²) in [5.74, 6) is 0.537. The number of ether oxygens (including phenoxy) is 2. The number of benzene rings is 1. The van der Waals surface area contributed by atoms with Gasteiger partial charge < -0.3 is 9.47 Å². The number of methoxy groups -OCH3 is 2. The Morgan fingerprint density at radius 2 is 1.93 bits per heavy atom. The average Bonchev–Trinajstić information content (AvgIpc) is 2.28. The molecular weight excluding hydrogens is 196 g/mol. The van der Waals surface area contributed by atoms with Gasteiger partial charge in [-0.1, -0.05) is 0 Å². The van der Waals surface area contributed by atoms with Crippen LogP contribution in [0, 0.1) is 0 Å². The highest BCUT2D eigenvalue weighted by Gasteiger charge is 2.10. The zero-order valence-electron chi connectivity index (χ0n) is 8.65. The van der Waals surface area contributed by atoms with Crippen molar-refractivity contribution < 1.29 is 19.1 Å². The predicted octanol–water partition coefficient (Wildman–Crippen LogP) is 1.47. The third-order valence-corrected chi connectivity index (χ3v) is 2.05. The second-order valence-electron chi connectivity index (χ2n) is 2.96. The molecule has 0 saturated heterocycles. The van der Waals surface area contributed by atoms with E-state index in [1.807, 2.05) is 0 Å². The summed E-state index contributed by atoms with van der Waals surface area (Å²) < 4.78 is 9.95. The molecule has 0 radical (unpaired) electrons. The molecule has 0 heterocycles. The van der Waals surface area contributed by atoms with Crippen LogP contribution in [0.5, 0.6) is 5.75 Å². The van der Waals surface area contributed by atoms with Gasteiger partial charge in [0.2, 0.25) is 0 Å². The summed E-state index contributed by atoms with van der Waals surface area (Å²) >= 11 is 0. The van der Waals surface area contributed by atoms with Crippen molar-refractivity contribution in [2.75, 3.05) is 14.2 Å². The second-order valence-corrected chi connectivity index (χ2v) is 2.96. The zero-order chi connectivity index (χ0) is 11.3. The first kappa shape index (κ1) is 11.4. The third kappa shape index (κ3) is 2.41. The number of hydrogen-bond acceptors (Lipinski definition) is 4. The lowest BCUT2D eigenvalue weighted by Gasteiger charge is -2.09. The van der Waals surface area contributed by atoms with Crippen molar-refractivity contribution in [1.82, 2.24) is 0 Å². The highest BCUT2D eigenvalue weighted by Crippen LogP contribution is 2.21. The van der Waals surface area contributed by atoms with Gasteiger partial charge in [0.1, 0.15) is 5.75 Å². The maximum absolute atomic E-state index is 10.8. The Balaban J connectivity index is 3.31. The molecule has 0 aromatic heterocycles. The zero-order valence-corrected chi connectivity index (χ0v) is 8.65. The lowest BCUT2D eigenvalue weighted by atomic mass is 10.0. The summed E-state index contributed by atoms with van der Waals surface area (Å²) in [6.07, 6.45) is 1.28. The summed E-state index contributed by atoms with van der Waals surface area (Å²) in [5, 5.41) is 0. The molecule has 4 heteroatoms. The molecule has 1 rings (SSSR count). The molecule has 0 fully saturated rings. The molecule has 1 aromatic carbocycles. The molecule has 0 aliphatic carbocycles. The maximum Gasteiger partial charge on any atom is 0.151 e. The van der Waals surface area contributed by atoms with Crippen LogP contribution in [-0.4, -0.2) is 26.8 Å². The van der Waals surface area contributed by atoms with Crippen molar-refractivity contribution in [3.8, 4) is 5.75 Å². The molecule has 0 aliphatic heterocycles. The van der Waals surface area contributed by atoms with Gasteiger partial charge in [-0.3, -0.25) is 9.59 Å². The molecule has 0 amide bonds. The summed E-state index contributed by atoms with van der Waals surface area (Å²) in [6, 6.07) is 3.20. The van der Waals surface area contributed by atoms with E-state index in [-0.39, 0.29) is 6.61 Å². The maximum atomic E-state index is 10.8. The molecule has 4 nitrogen and oxygen atoms in total. The molecule has 0 N–H and O–H groups in total. The Morgan fingerprint density at radius 1 is 1.20 bits per heavy atom. The molecule has 0 spiro atoms. The normalized spacial score (nSPS) is 9.73. The molecule has 80 valence electrons. The highest BCUT2D eigenvalue weighted by atomic mass is 16.5. The molecule has 0 saturated carbocycles. The quantitative estimate of drug-likeness (QED) is 0.687. The lowest BCUT2D eigenvalue weighted by Crippen LogP contribution is -2.01. The first-order chi connectivity index (χ1) is 7.26. The number of rotatable bonds is 5. The fraction of sp³-hybridized carbons (Fsp3) is 0.273. The number of carbonyl (C=O) groups is 2. The van der Waals surface area contributed by atoms with Gasteiger partial charge in [-0.2, -0.15) is 0 Å². The van der Waals surface area contributed by atoms with Crippen molar-refractivity contribution in [2.24, 2.45) is 0 Å². The molecule has 15 heavy (non-hydrogen) atoms. The van der Waals surface area contributed by atoms with E-state index in [2.05, 4.69) is 0 Å². The van der Waals surface area contributed by atoms with Crippen molar-refractivity contribution >= 4 is 12.6 Å². The van der Waals surface area contributed by atoms with Gasteiger partial charge in [0.15, 0.2) is 12.6 Å². The Labute approximate surface area is 87.8 Å². The molecular formula is C11H12O4. The van der Waals surface area contributed by atoms with Gasteiger partial charge in [0.25, 0.3) is 0 Å². The minimum absolute atomic E-state index is 0.270.